The zero-order chi connectivity index (χ0) is 17.9. The van der Waals surface area contributed by atoms with Crippen molar-refractivity contribution in [1.29, 1.82) is 0 Å². The summed E-state index contributed by atoms with van der Waals surface area (Å²) in [6.45, 7) is 1.07. The van der Waals surface area contributed by atoms with E-state index in [0.29, 0.717) is 11.6 Å². The van der Waals surface area contributed by atoms with Crippen molar-refractivity contribution in [2.24, 2.45) is 5.92 Å². The molecule has 2 N–H and O–H groups in total. The predicted octanol–water partition coefficient (Wildman–Crippen LogP) is 1.36. The minimum atomic E-state index is -3.55. The number of nitrogens with zero attached hydrogens (tertiary/aromatic N) is 2. The second kappa shape index (κ2) is 8.84. The average molecular weight is 391 g/mol. The number of amides is 1. The van der Waals surface area contributed by atoms with Gasteiger partial charge in [0.25, 0.3) is 0 Å². The van der Waals surface area contributed by atoms with Gasteiger partial charge in [-0.2, -0.15) is 0 Å². The Morgan fingerprint density at radius 2 is 1.84 bits per heavy atom. The van der Waals surface area contributed by atoms with E-state index >= 15 is 0 Å². The standard InChI is InChI=1S/C16H26N4O3S.ClH/c1-19(2)15-8-7-13(24(22,23)20(3)4)9-14(15)18-16(21)11-17-10-12-5-6-12;/h7-9,12,17H,5-6,10-11H2,1-4H3,(H,18,21);1H. The number of hydrogen-bond acceptors (Lipinski definition) is 5. The molecule has 142 valence electrons. The van der Waals surface area contributed by atoms with Crippen LogP contribution in [0.15, 0.2) is 23.1 Å². The zero-order valence-corrected chi connectivity index (χ0v) is 16.7. The molecule has 1 saturated carbocycles. The van der Waals surface area contributed by atoms with Gasteiger partial charge in [-0.25, -0.2) is 12.7 Å². The molecule has 0 aromatic heterocycles. The summed E-state index contributed by atoms with van der Waals surface area (Å²) < 4.78 is 25.7. The fourth-order valence-electron chi connectivity index (χ4n) is 2.28. The molecule has 1 aliphatic rings. The van der Waals surface area contributed by atoms with Crippen molar-refractivity contribution >= 4 is 39.7 Å². The first-order valence-electron chi connectivity index (χ1n) is 7.96. The van der Waals surface area contributed by atoms with E-state index in [1.807, 2.05) is 19.0 Å². The fourth-order valence-corrected chi connectivity index (χ4v) is 3.21. The van der Waals surface area contributed by atoms with Gasteiger partial charge in [0.2, 0.25) is 15.9 Å². The van der Waals surface area contributed by atoms with Crippen LogP contribution in [0.1, 0.15) is 12.8 Å². The second-order valence-electron chi connectivity index (χ2n) is 6.48. The Kier molecular flexibility index (Phi) is 7.67. The number of benzene rings is 1. The minimum absolute atomic E-state index is 0. The van der Waals surface area contributed by atoms with Crippen molar-refractivity contribution in [3.05, 3.63) is 18.2 Å². The van der Waals surface area contributed by atoms with Gasteiger partial charge in [0.1, 0.15) is 0 Å². The number of carbonyl (C=O) groups is 1. The van der Waals surface area contributed by atoms with Crippen LogP contribution in [0.5, 0.6) is 0 Å². The number of rotatable bonds is 8. The Hall–Kier alpha value is -1.35. The molecule has 0 heterocycles. The average Bonchev–Trinajstić information content (AvgIpc) is 3.30. The van der Waals surface area contributed by atoms with E-state index in [-0.39, 0.29) is 29.8 Å². The van der Waals surface area contributed by atoms with Crippen molar-refractivity contribution in [2.75, 3.05) is 51.5 Å². The van der Waals surface area contributed by atoms with Gasteiger partial charge in [0.15, 0.2) is 0 Å². The maximum Gasteiger partial charge on any atom is 0.242 e. The van der Waals surface area contributed by atoms with Crippen LogP contribution in [0.25, 0.3) is 0 Å². The highest BCUT2D eigenvalue weighted by molar-refractivity contribution is 7.89. The van der Waals surface area contributed by atoms with E-state index in [1.54, 1.807) is 12.1 Å². The van der Waals surface area contributed by atoms with Crippen molar-refractivity contribution in [3.8, 4) is 0 Å². The zero-order valence-electron chi connectivity index (χ0n) is 15.1. The Balaban J connectivity index is 0.00000312. The largest absolute Gasteiger partial charge is 0.376 e. The minimum Gasteiger partial charge on any atom is -0.376 e. The molecule has 1 aliphatic carbocycles. The molecule has 0 unspecified atom stereocenters. The van der Waals surface area contributed by atoms with Gasteiger partial charge in [0.05, 0.1) is 22.8 Å². The molecule has 0 bridgehead atoms. The first-order valence-corrected chi connectivity index (χ1v) is 9.40. The SMILES string of the molecule is CN(C)c1ccc(S(=O)(=O)N(C)C)cc1NC(=O)CNCC1CC1.Cl. The third-order valence-electron chi connectivity index (χ3n) is 3.92. The first-order chi connectivity index (χ1) is 11.2. The van der Waals surface area contributed by atoms with Crippen LogP contribution < -0.4 is 15.5 Å². The number of sulfonamides is 1. The third kappa shape index (κ3) is 5.85. The molecule has 1 fully saturated rings. The van der Waals surface area contributed by atoms with E-state index in [0.717, 1.165) is 16.5 Å². The maximum atomic E-state index is 12.3. The smallest absolute Gasteiger partial charge is 0.242 e. The Morgan fingerprint density at radius 3 is 2.36 bits per heavy atom. The monoisotopic (exact) mass is 390 g/mol. The quantitative estimate of drug-likeness (QED) is 0.700. The second-order valence-corrected chi connectivity index (χ2v) is 8.64. The molecule has 9 heteroatoms. The molecule has 0 radical (unpaired) electrons. The lowest BCUT2D eigenvalue weighted by Gasteiger charge is -2.20. The summed E-state index contributed by atoms with van der Waals surface area (Å²) in [5, 5.41) is 5.94. The summed E-state index contributed by atoms with van der Waals surface area (Å²) in [5.41, 5.74) is 1.24. The number of hydrogen-bond donors (Lipinski definition) is 2. The lowest BCUT2D eigenvalue weighted by molar-refractivity contribution is -0.115. The summed E-state index contributed by atoms with van der Waals surface area (Å²) in [5.74, 6) is 0.516. The lowest BCUT2D eigenvalue weighted by atomic mass is 10.2. The third-order valence-corrected chi connectivity index (χ3v) is 5.73. The van der Waals surface area contributed by atoms with E-state index in [2.05, 4.69) is 10.6 Å². The predicted molar refractivity (Wildman–Crippen MR) is 103 cm³/mol. The summed E-state index contributed by atoms with van der Waals surface area (Å²) in [6, 6.07) is 4.75. The molecule has 2 rings (SSSR count). The normalized spacial score (nSPS) is 14.1. The molecule has 0 saturated heterocycles. The van der Waals surface area contributed by atoms with Crippen LogP contribution in [0.4, 0.5) is 11.4 Å². The van der Waals surface area contributed by atoms with Crippen LogP contribution in [-0.2, 0) is 14.8 Å². The molecule has 1 aromatic rings. The summed E-state index contributed by atoms with van der Waals surface area (Å²) in [4.78, 5) is 14.1. The molecule has 1 aromatic carbocycles. The van der Waals surface area contributed by atoms with Gasteiger partial charge in [0, 0.05) is 28.2 Å². The van der Waals surface area contributed by atoms with E-state index < -0.39 is 10.0 Å². The number of halogens is 1. The molecule has 0 atom stereocenters. The molecule has 7 nitrogen and oxygen atoms in total. The van der Waals surface area contributed by atoms with Crippen molar-refractivity contribution in [3.63, 3.8) is 0 Å². The highest BCUT2D eigenvalue weighted by Gasteiger charge is 2.22. The van der Waals surface area contributed by atoms with Gasteiger partial charge < -0.3 is 15.5 Å². The van der Waals surface area contributed by atoms with Gasteiger partial charge in [-0.1, -0.05) is 0 Å². The van der Waals surface area contributed by atoms with Crippen LogP contribution in [0.3, 0.4) is 0 Å². The maximum absolute atomic E-state index is 12.3. The fraction of sp³-hybridized carbons (Fsp3) is 0.562. The molecule has 0 spiro atoms. The van der Waals surface area contributed by atoms with Gasteiger partial charge in [-0.05, 0) is 43.5 Å². The van der Waals surface area contributed by atoms with Gasteiger partial charge >= 0.3 is 0 Å². The topological polar surface area (TPSA) is 81.8 Å². The summed E-state index contributed by atoms with van der Waals surface area (Å²) in [7, 11) is 3.10. The summed E-state index contributed by atoms with van der Waals surface area (Å²) in [6.07, 6.45) is 2.45. The van der Waals surface area contributed by atoms with E-state index in [1.165, 1.54) is 33.0 Å². The lowest BCUT2D eigenvalue weighted by Crippen LogP contribution is -2.30. The van der Waals surface area contributed by atoms with E-state index in [4.69, 9.17) is 0 Å². The summed E-state index contributed by atoms with van der Waals surface area (Å²) >= 11 is 0. The highest BCUT2D eigenvalue weighted by atomic mass is 35.5. The molecule has 25 heavy (non-hydrogen) atoms. The van der Waals surface area contributed by atoms with E-state index in [9.17, 15) is 13.2 Å². The Labute approximate surface area is 156 Å². The van der Waals surface area contributed by atoms with Crippen LogP contribution in [0.2, 0.25) is 0 Å². The highest BCUT2D eigenvalue weighted by Crippen LogP contribution is 2.29. The van der Waals surface area contributed by atoms with Gasteiger partial charge in [-0.15, -0.1) is 12.4 Å². The molecule has 1 amide bonds. The number of nitrogens with one attached hydrogen (secondary N) is 2. The first kappa shape index (κ1) is 21.7. The number of anilines is 2. The molecular weight excluding hydrogens is 364 g/mol. The Morgan fingerprint density at radius 1 is 1.20 bits per heavy atom. The van der Waals surface area contributed by atoms with Crippen molar-refractivity contribution in [1.82, 2.24) is 9.62 Å². The molecular formula is C16H27ClN4O3S. The van der Waals surface area contributed by atoms with Gasteiger partial charge in [-0.3, -0.25) is 4.79 Å². The Bertz CT molecular complexity index is 703. The van der Waals surface area contributed by atoms with Crippen LogP contribution >= 0.6 is 12.4 Å². The number of carbonyl (C=O) groups excluding carboxylic acids is 1. The van der Waals surface area contributed by atoms with Crippen LogP contribution in [-0.4, -0.2) is 59.9 Å². The van der Waals surface area contributed by atoms with Crippen molar-refractivity contribution < 1.29 is 13.2 Å². The van der Waals surface area contributed by atoms with Crippen molar-refractivity contribution in [2.45, 2.75) is 17.7 Å². The van der Waals surface area contributed by atoms with Crippen LogP contribution in [0, 0.1) is 5.92 Å². The molecule has 0 aliphatic heterocycles.